The van der Waals surface area contributed by atoms with Crippen LogP contribution in [-0.2, 0) is 16.0 Å². The van der Waals surface area contributed by atoms with Crippen molar-refractivity contribution >= 4 is 45.7 Å². The number of nitrogens with zero attached hydrogens (tertiary/aromatic N) is 5. The standard InChI is InChI=1S/C42H50N6O4/c1-5-52-33-24-22-31(23-25-33)37(49)26-35(39-28(2)46-48(42(39)51)32-13-7-6-8-14-32)41(50)43-27-30-20-18-29(19-21-30)12-11-17-38-44-36-16-10-9-15-34(36)40(45-38)47(3)4/h6-10,13-16,22-25,29-30,35,39H,5,11-12,17-21,26-27H2,1-4H3,(H,43,50). The van der Waals surface area contributed by atoms with Gasteiger partial charge in [0.15, 0.2) is 5.78 Å². The second-order valence-electron chi connectivity index (χ2n) is 14.3. The number of aryl methyl sites for hydroxylation is 1. The molecular formula is C42H50N6O4. The number of nitrogens with one attached hydrogen (secondary N) is 1. The smallest absolute Gasteiger partial charge is 0.257 e. The molecule has 4 aromatic rings. The molecule has 2 amide bonds. The molecule has 2 heterocycles. The van der Waals surface area contributed by atoms with Gasteiger partial charge in [-0.3, -0.25) is 14.4 Å². The quantitative estimate of drug-likeness (QED) is 0.130. The van der Waals surface area contributed by atoms with Crippen molar-refractivity contribution in [3.05, 3.63) is 90.3 Å². The highest BCUT2D eigenvalue weighted by Gasteiger charge is 2.44. The molecule has 10 heteroatoms. The second kappa shape index (κ2) is 16.9. The van der Waals surface area contributed by atoms with Gasteiger partial charge in [-0.2, -0.15) is 5.10 Å². The molecule has 0 radical (unpaired) electrons. The van der Waals surface area contributed by atoms with Crippen molar-refractivity contribution in [2.75, 3.05) is 37.2 Å². The largest absolute Gasteiger partial charge is 0.494 e. The van der Waals surface area contributed by atoms with Gasteiger partial charge in [-0.15, -0.1) is 0 Å². The van der Waals surface area contributed by atoms with Gasteiger partial charge >= 0.3 is 0 Å². The van der Waals surface area contributed by atoms with Gasteiger partial charge < -0.3 is 15.0 Å². The van der Waals surface area contributed by atoms with Crippen LogP contribution < -0.4 is 20.0 Å². The Bertz CT molecular complexity index is 1890. The SMILES string of the molecule is CCOc1ccc(C(=O)CC(C(=O)NCC2CCC(CCCc3nc(N(C)C)c4ccccc4n3)CC2)C2C(=O)N(c3ccccc3)N=C2C)cc1. The minimum Gasteiger partial charge on any atom is -0.494 e. The maximum absolute atomic E-state index is 14.0. The number of anilines is 2. The number of benzene rings is 3. The van der Waals surface area contributed by atoms with E-state index in [0.717, 1.165) is 67.5 Å². The first kappa shape index (κ1) is 36.7. The zero-order chi connectivity index (χ0) is 36.6. The number of amides is 2. The van der Waals surface area contributed by atoms with Crippen molar-refractivity contribution in [2.45, 2.75) is 65.2 Å². The molecule has 3 aromatic carbocycles. The van der Waals surface area contributed by atoms with E-state index in [1.807, 2.05) is 63.5 Å². The van der Waals surface area contributed by atoms with Gasteiger partial charge in [0.25, 0.3) is 5.91 Å². The Kier molecular flexibility index (Phi) is 11.9. The number of Topliss-reactive ketones (excluding diaryl/α,β-unsaturated/α-hetero) is 1. The van der Waals surface area contributed by atoms with Crippen LogP contribution in [0.2, 0.25) is 0 Å². The first-order valence-corrected chi connectivity index (χ1v) is 18.6. The van der Waals surface area contributed by atoms with Crippen molar-refractivity contribution in [3.63, 3.8) is 0 Å². The molecule has 2 unspecified atom stereocenters. The summed E-state index contributed by atoms with van der Waals surface area (Å²) < 4.78 is 5.53. The maximum Gasteiger partial charge on any atom is 0.257 e. The molecule has 0 spiro atoms. The van der Waals surface area contributed by atoms with E-state index in [4.69, 9.17) is 14.7 Å². The lowest BCUT2D eigenvalue weighted by atomic mass is 9.79. The van der Waals surface area contributed by atoms with Crippen LogP contribution in [-0.4, -0.2) is 60.5 Å². The molecule has 6 rings (SSSR count). The van der Waals surface area contributed by atoms with Crippen LogP contribution in [0.4, 0.5) is 11.5 Å². The zero-order valence-electron chi connectivity index (χ0n) is 30.8. The predicted molar refractivity (Wildman–Crippen MR) is 206 cm³/mol. The number of carbonyl (C=O) groups is 3. The number of aromatic nitrogens is 2. The fraction of sp³-hybridized carbons (Fsp3) is 0.429. The summed E-state index contributed by atoms with van der Waals surface area (Å²) in [7, 11) is 4.04. The van der Waals surface area contributed by atoms with Gasteiger partial charge in [-0.25, -0.2) is 15.0 Å². The molecule has 2 aliphatic rings. The Morgan fingerprint density at radius 2 is 1.62 bits per heavy atom. The van der Waals surface area contributed by atoms with Gasteiger partial charge in [-0.05, 0) is 93.5 Å². The van der Waals surface area contributed by atoms with Crippen molar-refractivity contribution in [1.29, 1.82) is 0 Å². The van der Waals surface area contributed by atoms with Crippen LogP contribution in [0.5, 0.6) is 5.75 Å². The maximum atomic E-state index is 14.0. The molecule has 0 saturated heterocycles. The van der Waals surface area contributed by atoms with E-state index in [9.17, 15) is 14.4 Å². The third-order valence-electron chi connectivity index (χ3n) is 10.4. The van der Waals surface area contributed by atoms with E-state index >= 15 is 0 Å². The summed E-state index contributed by atoms with van der Waals surface area (Å²) in [5.41, 5.74) is 2.62. The second-order valence-corrected chi connectivity index (χ2v) is 14.3. The fourth-order valence-corrected chi connectivity index (χ4v) is 7.59. The summed E-state index contributed by atoms with van der Waals surface area (Å²) in [5, 5.41) is 10.1. The van der Waals surface area contributed by atoms with Gasteiger partial charge in [-0.1, -0.05) is 49.6 Å². The van der Waals surface area contributed by atoms with E-state index in [-0.39, 0.29) is 24.0 Å². The molecule has 1 N–H and O–H groups in total. The highest BCUT2D eigenvalue weighted by atomic mass is 16.5. The van der Waals surface area contributed by atoms with Crippen LogP contribution in [0.25, 0.3) is 10.9 Å². The van der Waals surface area contributed by atoms with Gasteiger partial charge in [0.05, 0.1) is 29.6 Å². The molecule has 1 aliphatic carbocycles. The van der Waals surface area contributed by atoms with E-state index in [1.54, 1.807) is 31.2 Å². The summed E-state index contributed by atoms with van der Waals surface area (Å²) in [4.78, 5) is 53.1. The lowest BCUT2D eigenvalue weighted by Gasteiger charge is -2.29. The highest BCUT2D eigenvalue weighted by Crippen LogP contribution is 2.34. The Balaban J connectivity index is 1.05. The molecule has 10 nitrogen and oxygen atoms in total. The average Bonchev–Trinajstić information content (AvgIpc) is 3.46. The number of ketones is 1. The number of hydrazone groups is 1. The Hall–Kier alpha value is -5.12. The fourth-order valence-electron chi connectivity index (χ4n) is 7.59. The van der Waals surface area contributed by atoms with Gasteiger partial charge in [0.2, 0.25) is 5.91 Å². The molecule has 2 atom stereocenters. The van der Waals surface area contributed by atoms with Crippen LogP contribution >= 0.6 is 0 Å². The monoisotopic (exact) mass is 702 g/mol. The van der Waals surface area contributed by atoms with Gasteiger partial charge in [0, 0.05) is 50.1 Å². The summed E-state index contributed by atoms with van der Waals surface area (Å²) in [6.07, 6.45) is 7.20. The number of hydrogen-bond acceptors (Lipinski definition) is 8. The van der Waals surface area contributed by atoms with Gasteiger partial charge in [0.1, 0.15) is 17.4 Å². The van der Waals surface area contributed by atoms with Crippen LogP contribution in [0.15, 0.2) is 84.0 Å². The van der Waals surface area contributed by atoms with Crippen LogP contribution in [0.1, 0.15) is 75.0 Å². The molecule has 52 heavy (non-hydrogen) atoms. The molecule has 1 aromatic heterocycles. The highest BCUT2D eigenvalue weighted by molar-refractivity contribution is 6.17. The number of rotatable bonds is 15. The number of hydrogen-bond donors (Lipinski definition) is 1. The van der Waals surface area contributed by atoms with Crippen molar-refractivity contribution in [2.24, 2.45) is 28.8 Å². The summed E-state index contributed by atoms with van der Waals surface area (Å²) in [6.45, 7) is 4.72. The minimum atomic E-state index is -0.884. The topological polar surface area (TPSA) is 117 Å². The van der Waals surface area contributed by atoms with E-state index in [1.165, 1.54) is 5.01 Å². The molecule has 272 valence electrons. The summed E-state index contributed by atoms with van der Waals surface area (Å²) >= 11 is 0. The average molecular weight is 703 g/mol. The van der Waals surface area contributed by atoms with Crippen LogP contribution in [0, 0.1) is 23.7 Å². The molecule has 1 aliphatic heterocycles. The first-order chi connectivity index (χ1) is 25.2. The number of carbonyl (C=O) groups excluding carboxylic acids is 3. The minimum absolute atomic E-state index is 0.102. The van der Waals surface area contributed by atoms with Crippen molar-refractivity contribution in [3.8, 4) is 5.75 Å². The third kappa shape index (κ3) is 8.66. The predicted octanol–water partition coefficient (Wildman–Crippen LogP) is 7.27. The lowest BCUT2D eigenvalue weighted by molar-refractivity contribution is -0.131. The number of para-hydroxylation sites is 2. The van der Waals surface area contributed by atoms with Crippen molar-refractivity contribution in [1.82, 2.24) is 15.3 Å². The molecular weight excluding hydrogens is 652 g/mol. The first-order valence-electron chi connectivity index (χ1n) is 18.6. The van der Waals surface area contributed by atoms with Crippen molar-refractivity contribution < 1.29 is 19.1 Å². The molecule has 1 saturated carbocycles. The number of fused-ring (bicyclic) bond motifs is 1. The number of ether oxygens (including phenoxy) is 1. The van der Waals surface area contributed by atoms with E-state index in [0.29, 0.717) is 47.7 Å². The summed E-state index contributed by atoms with van der Waals surface area (Å²) in [5.74, 6) is 1.02. The van der Waals surface area contributed by atoms with E-state index in [2.05, 4.69) is 27.5 Å². The molecule has 0 bridgehead atoms. The van der Waals surface area contributed by atoms with E-state index < -0.39 is 11.8 Å². The Labute approximate surface area is 306 Å². The third-order valence-corrected chi connectivity index (χ3v) is 10.4. The summed E-state index contributed by atoms with van der Waals surface area (Å²) in [6, 6.07) is 24.3. The molecule has 1 fully saturated rings. The Morgan fingerprint density at radius 1 is 0.923 bits per heavy atom. The zero-order valence-corrected chi connectivity index (χ0v) is 30.8. The normalized spacial score (nSPS) is 19.3. The van der Waals surface area contributed by atoms with Crippen LogP contribution in [0.3, 0.4) is 0 Å². The Morgan fingerprint density at radius 3 is 2.33 bits per heavy atom. The lowest BCUT2D eigenvalue weighted by Crippen LogP contribution is -2.44.